The number of ether oxygens (including phenoxy) is 1. The molecule has 1 aliphatic rings. The molecule has 2 aromatic rings. The molecule has 1 aromatic heterocycles. The van der Waals surface area contributed by atoms with E-state index in [-0.39, 0.29) is 24.5 Å². The van der Waals surface area contributed by atoms with Gasteiger partial charge in [0.05, 0.1) is 11.0 Å². The first-order valence-corrected chi connectivity index (χ1v) is 9.66. The van der Waals surface area contributed by atoms with E-state index in [9.17, 15) is 9.59 Å². The van der Waals surface area contributed by atoms with Crippen LogP contribution in [0.25, 0.3) is 17.0 Å². The van der Waals surface area contributed by atoms with Gasteiger partial charge in [-0.1, -0.05) is 42.2 Å². The zero-order valence-corrected chi connectivity index (χ0v) is 16.5. The van der Waals surface area contributed by atoms with E-state index in [1.165, 1.54) is 11.8 Å². The van der Waals surface area contributed by atoms with Crippen molar-refractivity contribution in [1.82, 2.24) is 9.47 Å². The first-order valence-electron chi connectivity index (χ1n) is 8.43. The summed E-state index contributed by atoms with van der Waals surface area (Å²) in [6.45, 7) is 6.24. The van der Waals surface area contributed by atoms with Gasteiger partial charge in [0.1, 0.15) is 10.9 Å². The van der Waals surface area contributed by atoms with Gasteiger partial charge in [-0.25, -0.2) is 0 Å². The number of esters is 1. The highest BCUT2D eigenvalue weighted by Gasteiger charge is 2.30. The second-order valence-corrected chi connectivity index (χ2v) is 7.87. The van der Waals surface area contributed by atoms with Crippen LogP contribution in [-0.2, 0) is 20.9 Å². The topological polar surface area (TPSA) is 51.5 Å². The summed E-state index contributed by atoms with van der Waals surface area (Å²) in [5, 5.41) is 0.978. The molecule has 0 bridgehead atoms. The van der Waals surface area contributed by atoms with Gasteiger partial charge < -0.3 is 9.30 Å². The molecule has 5 nitrogen and oxygen atoms in total. The van der Waals surface area contributed by atoms with Crippen molar-refractivity contribution in [3.8, 4) is 0 Å². The summed E-state index contributed by atoms with van der Waals surface area (Å²) in [4.78, 5) is 26.7. The maximum absolute atomic E-state index is 12.5. The number of benzene rings is 1. The van der Waals surface area contributed by atoms with Crippen LogP contribution in [0.1, 0.15) is 26.3 Å². The van der Waals surface area contributed by atoms with E-state index in [1.54, 1.807) is 4.90 Å². The molecule has 136 valence electrons. The van der Waals surface area contributed by atoms with E-state index in [4.69, 9.17) is 17.0 Å². The molecule has 0 radical (unpaired) electrons. The van der Waals surface area contributed by atoms with Crippen LogP contribution >= 0.6 is 24.0 Å². The normalized spacial score (nSPS) is 16.3. The average Bonchev–Trinajstić information content (AvgIpc) is 3.05. The highest BCUT2D eigenvalue weighted by Crippen LogP contribution is 2.34. The molecule has 0 spiro atoms. The highest BCUT2D eigenvalue weighted by molar-refractivity contribution is 8.26. The average molecular weight is 389 g/mol. The summed E-state index contributed by atoms with van der Waals surface area (Å²) in [6.07, 6.45) is 3.58. The predicted molar refractivity (Wildman–Crippen MR) is 109 cm³/mol. The van der Waals surface area contributed by atoms with Crippen LogP contribution in [0.5, 0.6) is 0 Å². The zero-order chi connectivity index (χ0) is 18.8. The van der Waals surface area contributed by atoms with Crippen LogP contribution in [0, 0.1) is 0 Å². The maximum Gasteiger partial charge on any atom is 0.326 e. The lowest BCUT2D eigenvalue weighted by molar-refractivity contribution is -0.148. The molecule has 0 unspecified atom stereocenters. The van der Waals surface area contributed by atoms with Crippen molar-refractivity contribution in [3.05, 3.63) is 40.9 Å². The number of nitrogens with zero attached hydrogens (tertiary/aromatic N) is 2. The summed E-state index contributed by atoms with van der Waals surface area (Å²) >= 11 is 6.58. The first-order chi connectivity index (χ1) is 12.4. The summed E-state index contributed by atoms with van der Waals surface area (Å²) in [7, 11) is 0. The number of amides is 1. The van der Waals surface area contributed by atoms with Crippen molar-refractivity contribution in [2.45, 2.75) is 33.4 Å². The Hall–Kier alpha value is -2.12. The maximum atomic E-state index is 12.5. The number of hydrogen-bond acceptors (Lipinski definition) is 5. The Morgan fingerprint density at radius 3 is 2.73 bits per heavy atom. The number of rotatable bonds is 5. The molecule has 7 heteroatoms. The van der Waals surface area contributed by atoms with E-state index in [2.05, 4.69) is 0 Å². The van der Waals surface area contributed by atoms with E-state index in [0.29, 0.717) is 15.8 Å². The highest BCUT2D eigenvalue weighted by atomic mass is 32.2. The minimum atomic E-state index is -0.287. The fourth-order valence-corrected chi connectivity index (χ4v) is 4.25. The van der Waals surface area contributed by atoms with Crippen molar-refractivity contribution in [1.29, 1.82) is 0 Å². The fraction of sp³-hybridized carbons (Fsp3) is 0.316. The molecule has 3 rings (SSSR count). The molecular formula is C19H20N2O3S2. The summed E-state index contributed by atoms with van der Waals surface area (Å²) in [5.41, 5.74) is 1.81. The fourth-order valence-electron chi connectivity index (χ4n) is 2.87. The third-order valence-corrected chi connectivity index (χ3v) is 5.34. The number of carbonyl (C=O) groups excluding carboxylic acids is 2. The Bertz CT molecular complexity index is 915. The largest absolute Gasteiger partial charge is 0.462 e. The first kappa shape index (κ1) is 18.7. The number of para-hydroxylation sites is 1. The third kappa shape index (κ3) is 3.68. The molecule has 0 N–H and O–H groups in total. The Labute approximate surface area is 162 Å². The summed E-state index contributed by atoms with van der Waals surface area (Å²) in [6, 6.07) is 7.79. The van der Waals surface area contributed by atoms with Crippen LogP contribution in [0.4, 0.5) is 0 Å². The SMILES string of the molecule is CCN1C(=O)C(=Cc2cn(CC(=O)OC(C)C)c3ccccc23)SC1=S. The molecular weight excluding hydrogens is 368 g/mol. The lowest BCUT2D eigenvalue weighted by Gasteiger charge is -2.09. The molecule has 0 saturated carbocycles. The minimum Gasteiger partial charge on any atom is -0.462 e. The molecule has 1 amide bonds. The lowest BCUT2D eigenvalue weighted by atomic mass is 10.1. The molecule has 1 aliphatic heterocycles. The second-order valence-electron chi connectivity index (χ2n) is 6.19. The third-order valence-electron chi connectivity index (χ3n) is 3.96. The number of carbonyl (C=O) groups is 2. The van der Waals surface area contributed by atoms with E-state index in [1.807, 2.05) is 61.9 Å². The van der Waals surface area contributed by atoms with E-state index >= 15 is 0 Å². The molecule has 1 aromatic carbocycles. The number of likely N-dealkylation sites (N-methyl/N-ethyl adjacent to an activating group) is 1. The van der Waals surface area contributed by atoms with Crippen LogP contribution in [-0.4, -0.2) is 38.3 Å². The minimum absolute atomic E-state index is 0.0708. The van der Waals surface area contributed by atoms with Crippen LogP contribution in [0.2, 0.25) is 0 Å². The van der Waals surface area contributed by atoms with Gasteiger partial charge in [0, 0.05) is 29.2 Å². The lowest BCUT2D eigenvalue weighted by Crippen LogP contribution is -2.27. The van der Waals surface area contributed by atoms with Gasteiger partial charge in [-0.2, -0.15) is 0 Å². The van der Waals surface area contributed by atoms with Crippen molar-refractivity contribution in [2.75, 3.05) is 6.54 Å². The second kappa shape index (κ2) is 7.63. The Balaban J connectivity index is 1.97. The van der Waals surface area contributed by atoms with Gasteiger partial charge in [0.2, 0.25) is 0 Å². The quantitative estimate of drug-likeness (QED) is 0.443. The molecule has 2 heterocycles. The Morgan fingerprint density at radius 1 is 1.35 bits per heavy atom. The molecule has 0 atom stereocenters. The number of hydrogen-bond donors (Lipinski definition) is 0. The Morgan fingerprint density at radius 2 is 2.08 bits per heavy atom. The molecule has 26 heavy (non-hydrogen) atoms. The van der Waals surface area contributed by atoms with Gasteiger partial charge >= 0.3 is 5.97 Å². The van der Waals surface area contributed by atoms with Crippen molar-refractivity contribution < 1.29 is 14.3 Å². The van der Waals surface area contributed by atoms with Gasteiger partial charge in [-0.05, 0) is 32.9 Å². The smallest absolute Gasteiger partial charge is 0.326 e. The van der Waals surface area contributed by atoms with Gasteiger partial charge in [-0.3, -0.25) is 14.5 Å². The van der Waals surface area contributed by atoms with Crippen LogP contribution in [0.15, 0.2) is 35.4 Å². The monoisotopic (exact) mass is 388 g/mol. The van der Waals surface area contributed by atoms with Crippen molar-refractivity contribution in [2.24, 2.45) is 0 Å². The molecule has 1 saturated heterocycles. The van der Waals surface area contributed by atoms with E-state index < -0.39 is 0 Å². The standard InChI is InChI=1S/C19H20N2O3S2/c1-4-21-18(23)16(26-19(21)25)9-13-10-20(11-17(22)24-12(2)3)15-8-6-5-7-14(13)15/h5-10,12H,4,11H2,1-3H3. The number of thioether (sulfide) groups is 1. The number of aromatic nitrogens is 1. The van der Waals surface area contributed by atoms with Gasteiger partial charge in [-0.15, -0.1) is 0 Å². The van der Waals surface area contributed by atoms with Gasteiger partial charge in [0.15, 0.2) is 0 Å². The predicted octanol–water partition coefficient (Wildman–Crippen LogP) is 3.81. The zero-order valence-electron chi connectivity index (χ0n) is 14.9. The number of fused-ring (bicyclic) bond motifs is 1. The molecule has 1 fully saturated rings. The summed E-state index contributed by atoms with van der Waals surface area (Å²) < 4.78 is 7.68. The van der Waals surface area contributed by atoms with E-state index in [0.717, 1.165) is 16.5 Å². The van der Waals surface area contributed by atoms with Crippen LogP contribution in [0.3, 0.4) is 0 Å². The van der Waals surface area contributed by atoms with Crippen molar-refractivity contribution >= 4 is 57.2 Å². The number of thiocarbonyl (C=S) groups is 1. The van der Waals surface area contributed by atoms with Gasteiger partial charge in [0.25, 0.3) is 5.91 Å². The van der Waals surface area contributed by atoms with Crippen molar-refractivity contribution in [3.63, 3.8) is 0 Å². The van der Waals surface area contributed by atoms with Crippen LogP contribution < -0.4 is 0 Å². The summed E-state index contributed by atoms with van der Waals surface area (Å²) in [5.74, 6) is -0.358. The molecule has 0 aliphatic carbocycles. The Kier molecular flexibility index (Phi) is 5.48.